The third kappa shape index (κ3) is 4.72. The number of alkyl halides is 3. The van der Waals surface area contributed by atoms with Crippen molar-refractivity contribution in [1.29, 1.82) is 0 Å². The Balaban J connectivity index is 2.40. The van der Waals surface area contributed by atoms with Crippen molar-refractivity contribution in [1.82, 2.24) is 9.97 Å². The van der Waals surface area contributed by atoms with Crippen LogP contribution in [0.5, 0.6) is 0 Å². The summed E-state index contributed by atoms with van der Waals surface area (Å²) in [7, 11) is 0. The molecule has 1 heterocycles. The average Bonchev–Trinajstić information content (AvgIpc) is 2.56. The second kappa shape index (κ2) is 8.17. The molecule has 0 saturated heterocycles. The Morgan fingerprint density at radius 2 is 1.96 bits per heavy atom. The molecular weight excluding hydrogens is 375 g/mol. The van der Waals surface area contributed by atoms with Crippen molar-refractivity contribution >= 4 is 34.6 Å². The van der Waals surface area contributed by atoms with Gasteiger partial charge in [0.25, 0.3) is 0 Å². The minimum absolute atomic E-state index is 0.0240. The number of halogens is 4. The van der Waals surface area contributed by atoms with Crippen LogP contribution in [-0.2, 0) is 6.18 Å². The highest BCUT2D eigenvalue weighted by Gasteiger charge is 2.31. The van der Waals surface area contributed by atoms with Gasteiger partial charge in [-0.1, -0.05) is 24.9 Å². The topological polar surface area (TPSA) is 93.0 Å². The Labute approximate surface area is 151 Å². The number of nitrogens with one attached hydrogen (secondary N) is 2. The molecule has 140 valence electrons. The lowest BCUT2D eigenvalue weighted by Crippen LogP contribution is -2.10. The van der Waals surface area contributed by atoms with Crippen LogP contribution in [0, 0.1) is 10.1 Å². The zero-order valence-electron chi connectivity index (χ0n) is 13.6. The fourth-order valence-corrected chi connectivity index (χ4v) is 2.25. The van der Waals surface area contributed by atoms with Crippen molar-refractivity contribution in [2.24, 2.45) is 0 Å². The molecule has 2 aromatic rings. The molecule has 1 aromatic heterocycles. The van der Waals surface area contributed by atoms with Crippen molar-refractivity contribution in [3.05, 3.63) is 45.2 Å². The maximum atomic E-state index is 12.9. The summed E-state index contributed by atoms with van der Waals surface area (Å²) in [5.41, 5.74) is -1.57. The van der Waals surface area contributed by atoms with Gasteiger partial charge in [0, 0.05) is 6.54 Å². The minimum Gasteiger partial charge on any atom is -0.364 e. The van der Waals surface area contributed by atoms with Gasteiger partial charge in [-0.05, 0) is 24.6 Å². The van der Waals surface area contributed by atoms with E-state index in [2.05, 4.69) is 20.6 Å². The van der Waals surface area contributed by atoms with Crippen LogP contribution in [0.3, 0.4) is 0 Å². The molecule has 2 N–H and O–H groups in total. The van der Waals surface area contributed by atoms with Crippen molar-refractivity contribution in [3.8, 4) is 0 Å². The fraction of sp³-hybridized carbons (Fsp3) is 0.333. The maximum Gasteiger partial charge on any atom is 0.416 e. The van der Waals surface area contributed by atoms with Crippen LogP contribution in [0.2, 0.25) is 5.02 Å². The smallest absolute Gasteiger partial charge is 0.364 e. The minimum atomic E-state index is -4.58. The van der Waals surface area contributed by atoms with Gasteiger partial charge in [-0.15, -0.1) is 0 Å². The van der Waals surface area contributed by atoms with Gasteiger partial charge in [0.2, 0.25) is 11.6 Å². The van der Waals surface area contributed by atoms with E-state index in [0.717, 1.165) is 37.4 Å². The van der Waals surface area contributed by atoms with E-state index >= 15 is 0 Å². The largest absolute Gasteiger partial charge is 0.416 e. The summed E-state index contributed by atoms with van der Waals surface area (Å²) in [5, 5.41) is 16.7. The highest BCUT2D eigenvalue weighted by atomic mass is 35.5. The van der Waals surface area contributed by atoms with E-state index in [4.69, 9.17) is 11.6 Å². The van der Waals surface area contributed by atoms with Crippen LogP contribution in [-0.4, -0.2) is 21.4 Å². The predicted octanol–water partition coefficient (Wildman–Crippen LogP) is 5.01. The van der Waals surface area contributed by atoms with Crippen LogP contribution in [0.25, 0.3) is 0 Å². The highest BCUT2D eigenvalue weighted by Crippen LogP contribution is 2.37. The summed E-state index contributed by atoms with van der Waals surface area (Å²) in [6.07, 6.45) is -1.86. The molecule has 0 radical (unpaired) electrons. The van der Waals surface area contributed by atoms with E-state index in [1.165, 1.54) is 0 Å². The first-order chi connectivity index (χ1) is 12.2. The first-order valence-electron chi connectivity index (χ1n) is 7.61. The van der Waals surface area contributed by atoms with Crippen LogP contribution in [0.15, 0.2) is 24.5 Å². The van der Waals surface area contributed by atoms with Gasteiger partial charge in [0.05, 0.1) is 21.2 Å². The summed E-state index contributed by atoms with van der Waals surface area (Å²) < 4.78 is 38.6. The molecule has 2 rings (SSSR count). The summed E-state index contributed by atoms with van der Waals surface area (Å²) in [4.78, 5) is 18.3. The van der Waals surface area contributed by atoms with Crippen molar-refractivity contribution in [3.63, 3.8) is 0 Å². The highest BCUT2D eigenvalue weighted by molar-refractivity contribution is 6.33. The molecule has 0 saturated carbocycles. The van der Waals surface area contributed by atoms with Gasteiger partial charge in [-0.25, -0.2) is 9.97 Å². The molecule has 0 amide bonds. The molecule has 11 heteroatoms. The van der Waals surface area contributed by atoms with Gasteiger partial charge >= 0.3 is 11.9 Å². The number of hydrogen-bond donors (Lipinski definition) is 2. The molecule has 0 aliphatic rings. The SMILES string of the molecule is CCCCNc1ncnc(Nc2cc(C(F)(F)F)ccc2Cl)c1[N+](=O)[O-]. The molecule has 0 fully saturated rings. The number of aromatic nitrogens is 2. The quantitative estimate of drug-likeness (QED) is 0.392. The van der Waals surface area contributed by atoms with Gasteiger partial charge < -0.3 is 10.6 Å². The van der Waals surface area contributed by atoms with Gasteiger partial charge in [-0.3, -0.25) is 10.1 Å². The third-order valence-electron chi connectivity index (χ3n) is 3.37. The summed E-state index contributed by atoms with van der Waals surface area (Å²) in [5.74, 6) is -0.283. The van der Waals surface area contributed by atoms with Crippen LogP contribution in [0.1, 0.15) is 25.3 Å². The van der Waals surface area contributed by atoms with Crippen molar-refractivity contribution in [2.75, 3.05) is 17.2 Å². The first-order valence-corrected chi connectivity index (χ1v) is 7.98. The standard InChI is InChI=1S/C15H15ClF3N5O2/c1-2-3-6-20-13-12(24(25)26)14(22-8-21-13)23-11-7-9(15(17,18)19)4-5-10(11)16/h4-5,7-8H,2-3,6H2,1H3,(H2,20,21,22,23). The Hall–Kier alpha value is -2.62. The molecule has 0 bridgehead atoms. The van der Waals surface area contributed by atoms with Crippen molar-refractivity contribution < 1.29 is 18.1 Å². The van der Waals surface area contributed by atoms with Crippen LogP contribution < -0.4 is 10.6 Å². The van der Waals surface area contributed by atoms with E-state index in [9.17, 15) is 23.3 Å². The summed E-state index contributed by atoms with van der Waals surface area (Å²) >= 11 is 5.91. The number of hydrogen-bond acceptors (Lipinski definition) is 6. The molecular formula is C15H15ClF3N5O2. The number of benzene rings is 1. The molecule has 0 spiro atoms. The number of anilines is 3. The second-order valence-electron chi connectivity index (χ2n) is 5.27. The third-order valence-corrected chi connectivity index (χ3v) is 3.70. The van der Waals surface area contributed by atoms with Gasteiger partial charge in [0.15, 0.2) is 0 Å². The normalized spacial score (nSPS) is 11.3. The van der Waals surface area contributed by atoms with E-state index in [1.807, 2.05) is 6.92 Å². The Morgan fingerprint density at radius 1 is 1.27 bits per heavy atom. The summed E-state index contributed by atoms with van der Waals surface area (Å²) in [6, 6.07) is 2.64. The predicted molar refractivity (Wildman–Crippen MR) is 91.8 cm³/mol. The summed E-state index contributed by atoms with van der Waals surface area (Å²) in [6.45, 7) is 2.41. The molecule has 0 atom stereocenters. The lowest BCUT2D eigenvalue weighted by atomic mass is 10.2. The number of unbranched alkanes of at least 4 members (excludes halogenated alkanes) is 1. The Kier molecular flexibility index (Phi) is 6.19. The molecule has 0 aliphatic carbocycles. The lowest BCUT2D eigenvalue weighted by molar-refractivity contribution is -0.383. The van der Waals surface area contributed by atoms with E-state index in [0.29, 0.717) is 6.54 Å². The Bertz CT molecular complexity index is 801. The average molecular weight is 390 g/mol. The second-order valence-corrected chi connectivity index (χ2v) is 5.68. The van der Waals surface area contributed by atoms with Crippen LogP contribution >= 0.6 is 11.6 Å². The molecule has 7 nitrogen and oxygen atoms in total. The van der Waals surface area contributed by atoms with E-state index in [1.54, 1.807) is 0 Å². The zero-order chi connectivity index (χ0) is 19.3. The molecule has 26 heavy (non-hydrogen) atoms. The monoisotopic (exact) mass is 389 g/mol. The van der Waals surface area contributed by atoms with E-state index < -0.39 is 22.4 Å². The number of rotatable bonds is 7. The van der Waals surface area contributed by atoms with Crippen molar-refractivity contribution in [2.45, 2.75) is 25.9 Å². The van der Waals surface area contributed by atoms with Gasteiger partial charge in [-0.2, -0.15) is 13.2 Å². The first kappa shape index (κ1) is 19.7. The zero-order valence-corrected chi connectivity index (χ0v) is 14.4. The fourth-order valence-electron chi connectivity index (χ4n) is 2.08. The molecule has 1 aromatic carbocycles. The molecule has 0 aliphatic heterocycles. The number of nitrogens with zero attached hydrogens (tertiary/aromatic N) is 3. The van der Waals surface area contributed by atoms with Gasteiger partial charge in [0.1, 0.15) is 6.33 Å². The molecule has 0 unspecified atom stereocenters. The number of nitro groups is 1. The lowest BCUT2D eigenvalue weighted by Gasteiger charge is -2.13. The Morgan fingerprint density at radius 3 is 2.58 bits per heavy atom. The van der Waals surface area contributed by atoms with E-state index in [-0.39, 0.29) is 22.3 Å². The maximum absolute atomic E-state index is 12.9. The van der Waals surface area contributed by atoms with Crippen LogP contribution in [0.4, 0.5) is 36.2 Å².